The zero-order valence-corrected chi connectivity index (χ0v) is 9.91. The molecule has 0 amide bonds. The van der Waals surface area contributed by atoms with E-state index < -0.39 is 0 Å². The number of hydrogen-bond acceptors (Lipinski definition) is 1. The summed E-state index contributed by atoms with van der Waals surface area (Å²) in [5, 5.41) is 8.26. The third-order valence-electron chi connectivity index (χ3n) is 2.32. The Kier molecular flexibility index (Phi) is 12.1. The van der Waals surface area contributed by atoms with Gasteiger partial charge in [-0.05, 0) is 32.1 Å². The Labute approximate surface area is 94.5 Å². The average Bonchev–Trinajstić information content (AvgIpc) is 2.26. The number of rotatable bonds is 9. The monoisotopic (exact) mass is 205 g/mol. The Hall–Kier alpha value is -1.03. The normalized spacial score (nSPS) is 11.2. The lowest BCUT2D eigenvalue weighted by Crippen LogP contribution is -1.75. The number of nitrogens with zero attached hydrogens (tertiary/aromatic N) is 1. The van der Waals surface area contributed by atoms with Gasteiger partial charge in [-0.25, -0.2) is 0 Å². The first-order valence-corrected chi connectivity index (χ1v) is 6.11. The van der Waals surface area contributed by atoms with Crippen molar-refractivity contribution in [3.05, 3.63) is 24.3 Å². The molecule has 0 radical (unpaired) electrons. The maximum absolute atomic E-state index is 8.26. The molecule has 0 heterocycles. The van der Waals surface area contributed by atoms with Gasteiger partial charge in [-0.3, -0.25) is 0 Å². The minimum atomic E-state index is 1.05. The molecule has 0 rings (SSSR count). The highest BCUT2D eigenvalue weighted by molar-refractivity contribution is 5.01. The van der Waals surface area contributed by atoms with Crippen LogP contribution in [0.2, 0.25) is 0 Å². The number of hydrogen-bond donors (Lipinski definition) is 0. The summed E-state index contributed by atoms with van der Waals surface area (Å²) in [5.41, 5.74) is 0. The third kappa shape index (κ3) is 13.0. The first kappa shape index (κ1) is 14.0. The lowest BCUT2D eigenvalue weighted by molar-refractivity contribution is 0.694. The predicted molar refractivity (Wildman–Crippen MR) is 66.5 cm³/mol. The molecule has 15 heavy (non-hydrogen) atoms. The van der Waals surface area contributed by atoms with Gasteiger partial charge in [-0.2, -0.15) is 5.26 Å². The van der Waals surface area contributed by atoms with Gasteiger partial charge in [0.1, 0.15) is 0 Å². The molecule has 84 valence electrons. The standard InChI is InChI=1S/C14H23N/c1-2-3-4-5-6-7-8-9-10-11-12-13-14-15/h5-6,12-13H,2-4,7-11H2,1H3. The lowest BCUT2D eigenvalue weighted by Gasteiger charge is -1.94. The van der Waals surface area contributed by atoms with Gasteiger partial charge in [0.15, 0.2) is 0 Å². The Morgan fingerprint density at radius 3 is 2.07 bits per heavy atom. The van der Waals surface area contributed by atoms with Crippen molar-refractivity contribution in [2.24, 2.45) is 0 Å². The van der Waals surface area contributed by atoms with Crippen molar-refractivity contribution >= 4 is 0 Å². The lowest BCUT2D eigenvalue weighted by atomic mass is 10.1. The molecule has 1 nitrogen and oxygen atoms in total. The summed E-state index contributed by atoms with van der Waals surface area (Å²) in [6.07, 6.45) is 18.0. The Morgan fingerprint density at radius 2 is 1.47 bits per heavy atom. The molecule has 0 saturated carbocycles. The number of nitriles is 1. The second-order valence-electron chi connectivity index (χ2n) is 3.78. The first-order chi connectivity index (χ1) is 7.41. The summed E-state index contributed by atoms with van der Waals surface area (Å²) in [5.74, 6) is 0. The fourth-order valence-corrected chi connectivity index (χ4v) is 1.39. The van der Waals surface area contributed by atoms with Crippen LogP contribution in [0.4, 0.5) is 0 Å². The summed E-state index contributed by atoms with van der Waals surface area (Å²) in [6.45, 7) is 2.22. The molecule has 0 aliphatic heterocycles. The van der Waals surface area contributed by atoms with Crippen LogP contribution < -0.4 is 0 Å². The molecular formula is C14H23N. The van der Waals surface area contributed by atoms with Crippen LogP contribution in [0, 0.1) is 11.3 Å². The highest BCUT2D eigenvalue weighted by Crippen LogP contribution is 2.05. The van der Waals surface area contributed by atoms with Crippen LogP contribution in [-0.4, -0.2) is 0 Å². The summed E-state index contributed by atoms with van der Waals surface area (Å²) in [4.78, 5) is 0. The highest BCUT2D eigenvalue weighted by atomic mass is 14.2. The van der Waals surface area contributed by atoms with Crippen molar-refractivity contribution in [2.45, 2.75) is 58.3 Å². The highest BCUT2D eigenvalue weighted by Gasteiger charge is 1.85. The maximum Gasteiger partial charge on any atom is 0.0908 e. The minimum Gasteiger partial charge on any atom is -0.193 e. The molecule has 0 aliphatic rings. The second kappa shape index (κ2) is 13.0. The fourth-order valence-electron chi connectivity index (χ4n) is 1.39. The molecule has 0 aromatic heterocycles. The van der Waals surface area contributed by atoms with Crippen molar-refractivity contribution in [1.29, 1.82) is 5.26 Å². The summed E-state index contributed by atoms with van der Waals surface area (Å²) < 4.78 is 0. The largest absolute Gasteiger partial charge is 0.193 e. The van der Waals surface area contributed by atoms with E-state index in [9.17, 15) is 0 Å². The third-order valence-corrected chi connectivity index (χ3v) is 2.32. The smallest absolute Gasteiger partial charge is 0.0908 e. The molecule has 0 N–H and O–H groups in total. The molecule has 0 aromatic carbocycles. The molecule has 0 aromatic rings. The second-order valence-corrected chi connectivity index (χ2v) is 3.78. The van der Waals surface area contributed by atoms with E-state index in [1.165, 1.54) is 44.9 Å². The molecule has 0 spiro atoms. The van der Waals surface area contributed by atoms with Crippen molar-refractivity contribution in [3.8, 4) is 6.07 Å². The van der Waals surface area contributed by atoms with Gasteiger partial charge in [-0.1, -0.05) is 44.4 Å². The molecule has 0 atom stereocenters. The molecule has 0 aliphatic carbocycles. The van der Waals surface area contributed by atoms with Gasteiger partial charge in [0.25, 0.3) is 0 Å². The van der Waals surface area contributed by atoms with Crippen molar-refractivity contribution in [3.63, 3.8) is 0 Å². The van der Waals surface area contributed by atoms with E-state index in [1.807, 2.05) is 12.1 Å². The van der Waals surface area contributed by atoms with Gasteiger partial charge in [0.2, 0.25) is 0 Å². The van der Waals surface area contributed by atoms with E-state index in [0.29, 0.717) is 0 Å². The van der Waals surface area contributed by atoms with E-state index in [0.717, 1.165) is 6.42 Å². The zero-order valence-electron chi connectivity index (χ0n) is 9.91. The van der Waals surface area contributed by atoms with Crippen LogP contribution in [0.5, 0.6) is 0 Å². The average molecular weight is 205 g/mol. The Balaban J connectivity index is 3.08. The SMILES string of the molecule is CCCCC=CCCCCCC=CC#N. The van der Waals surface area contributed by atoms with Gasteiger partial charge in [0.05, 0.1) is 6.07 Å². The molecule has 0 fully saturated rings. The molecular weight excluding hydrogens is 182 g/mol. The van der Waals surface area contributed by atoms with Crippen LogP contribution in [0.15, 0.2) is 24.3 Å². The quantitative estimate of drug-likeness (QED) is 0.302. The topological polar surface area (TPSA) is 23.8 Å². The predicted octanol–water partition coefficient (Wildman–Crippen LogP) is 4.76. The van der Waals surface area contributed by atoms with E-state index in [2.05, 4.69) is 19.1 Å². The minimum absolute atomic E-state index is 1.05. The van der Waals surface area contributed by atoms with Crippen LogP contribution >= 0.6 is 0 Å². The Morgan fingerprint density at radius 1 is 0.867 bits per heavy atom. The van der Waals surface area contributed by atoms with Crippen LogP contribution in [0.1, 0.15) is 58.3 Å². The van der Waals surface area contributed by atoms with E-state index in [-0.39, 0.29) is 0 Å². The summed E-state index contributed by atoms with van der Waals surface area (Å²) >= 11 is 0. The van der Waals surface area contributed by atoms with Gasteiger partial charge < -0.3 is 0 Å². The molecule has 1 heteroatoms. The Bertz CT molecular complexity index is 208. The molecule has 0 unspecified atom stereocenters. The zero-order chi connectivity index (χ0) is 11.2. The summed E-state index contributed by atoms with van der Waals surface area (Å²) in [7, 11) is 0. The van der Waals surface area contributed by atoms with E-state index in [4.69, 9.17) is 5.26 Å². The maximum atomic E-state index is 8.26. The van der Waals surface area contributed by atoms with Crippen LogP contribution in [-0.2, 0) is 0 Å². The van der Waals surface area contributed by atoms with Crippen molar-refractivity contribution in [2.75, 3.05) is 0 Å². The van der Waals surface area contributed by atoms with Gasteiger partial charge in [-0.15, -0.1) is 0 Å². The van der Waals surface area contributed by atoms with Crippen molar-refractivity contribution < 1.29 is 0 Å². The van der Waals surface area contributed by atoms with E-state index in [1.54, 1.807) is 6.08 Å². The van der Waals surface area contributed by atoms with Crippen LogP contribution in [0.25, 0.3) is 0 Å². The molecule has 0 saturated heterocycles. The molecule has 0 bridgehead atoms. The number of unbranched alkanes of at least 4 members (excludes halogenated alkanes) is 6. The fraction of sp³-hybridized carbons (Fsp3) is 0.643. The van der Waals surface area contributed by atoms with Crippen molar-refractivity contribution in [1.82, 2.24) is 0 Å². The van der Waals surface area contributed by atoms with Gasteiger partial charge >= 0.3 is 0 Å². The van der Waals surface area contributed by atoms with Gasteiger partial charge in [0, 0.05) is 6.08 Å². The first-order valence-electron chi connectivity index (χ1n) is 6.11. The number of allylic oxidation sites excluding steroid dienone is 4. The summed E-state index contributed by atoms with van der Waals surface area (Å²) in [6, 6.07) is 2.01. The van der Waals surface area contributed by atoms with Crippen LogP contribution in [0.3, 0.4) is 0 Å². The van der Waals surface area contributed by atoms with E-state index >= 15 is 0 Å².